The Labute approximate surface area is 146 Å². The molecular formula is C21H33N2O+. The van der Waals surface area contributed by atoms with Crippen LogP contribution >= 0.6 is 0 Å². The van der Waals surface area contributed by atoms with Crippen molar-refractivity contribution in [2.24, 2.45) is 11.8 Å². The number of piperidine rings is 1. The highest BCUT2D eigenvalue weighted by atomic mass is 16.2. The molecule has 1 amide bonds. The average Bonchev–Trinajstić information content (AvgIpc) is 2.61. The lowest BCUT2D eigenvalue weighted by molar-refractivity contribution is -0.902. The first-order chi connectivity index (χ1) is 11.7. The molecule has 1 aliphatic heterocycles. The van der Waals surface area contributed by atoms with E-state index in [0.717, 1.165) is 30.4 Å². The number of aryl methyl sites for hydroxylation is 2. The third-order valence-corrected chi connectivity index (χ3v) is 6.16. The Morgan fingerprint density at radius 2 is 1.75 bits per heavy atom. The van der Waals surface area contributed by atoms with Crippen molar-refractivity contribution in [3.63, 3.8) is 0 Å². The number of rotatable bonds is 5. The fraction of sp³-hybridized carbons (Fsp3) is 0.667. The van der Waals surface area contributed by atoms with E-state index in [1.54, 1.807) is 0 Å². The van der Waals surface area contributed by atoms with Gasteiger partial charge in [-0.15, -0.1) is 0 Å². The van der Waals surface area contributed by atoms with Gasteiger partial charge in [0.2, 0.25) is 0 Å². The van der Waals surface area contributed by atoms with Gasteiger partial charge < -0.3 is 10.2 Å². The molecule has 1 saturated carbocycles. The number of likely N-dealkylation sites (tertiary alicyclic amines) is 1. The molecule has 0 bridgehead atoms. The second kappa shape index (κ2) is 8.15. The first-order valence-corrected chi connectivity index (χ1v) is 9.95. The van der Waals surface area contributed by atoms with Gasteiger partial charge in [-0.3, -0.25) is 4.79 Å². The maximum Gasteiger partial charge on any atom is 0.279 e. The van der Waals surface area contributed by atoms with Crippen LogP contribution in [-0.4, -0.2) is 25.5 Å². The molecular weight excluding hydrogens is 296 g/mol. The molecule has 1 aromatic rings. The molecule has 1 aromatic carbocycles. The minimum absolute atomic E-state index is 0.190. The van der Waals surface area contributed by atoms with E-state index < -0.39 is 0 Å². The van der Waals surface area contributed by atoms with Crippen molar-refractivity contribution in [3.05, 3.63) is 29.3 Å². The summed E-state index contributed by atoms with van der Waals surface area (Å²) in [7, 11) is 0. The molecule has 132 valence electrons. The Hall–Kier alpha value is -1.35. The highest BCUT2D eigenvalue weighted by molar-refractivity contribution is 5.93. The maximum absolute atomic E-state index is 12.6. The van der Waals surface area contributed by atoms with E-state index in [9.17, 15) is 4.79 Å². The standard InChI is InChI=1S/C21H32N2O/c1-3-16-10-7-11-17(4-2)21(16)22-20(24)15-23-13-12-18-8-5-6-9-19(18)14-23/h7,10-11,18-19H,3-6,8-9,12-15H2,1-2H3,(H,22,24)/p+1/t18-,19-/m1/s1. The van der Waals surface area contributed by atoms with Crippen LogP contribution in [0.5, 0.6) is 0 Å². The number of quaternary nitrogens is 1. The number of hydrogen-bond donors (Lipinski definition) is 2. The second-order valence-corrected chi connectivity index (χ2v) is 7.68. The average molecular weight is 330 g/mol. The number of nitrogens with one attached hydrogen (secondary N) is 2. The quantitative estimate of drug-likeness (QED) is 0.856. The fourth-order valence-electron chi connectivity index (χ4n) is 4.77. The van der Waals surface area contributed by atoms with Crippen LogP contribution in [0.4, 0.5) is 5.69 Å². The summed E-state index contributed by atoms with van der Waals surface area (Å²) >= 11 is 0. The van der Waals surface area contributed by atoms with Crippen molar-refractivity contribution in [1.29, 1.82) is 0 Å². The SMILES string of the molecule is CCc1cccc(CC)c1NC(=O)C[NH+]1CC[C@H]2CCCC[C@@H]2C1. The van der Waals surface area contributed by atoms with E-state index >= 15 is 0 Å². The lowest BCUT2D eigenvalue weighted by atomic mass is 9.75. The lowest BCUT2D eigenvalue weighted by Gasteiger charge is -2.38. The van der Waals surface area contributed by atoms with E-state index in [1.807, 2.05) is 0 Å². The summed E-state index contributed by atoms with van der Waals surface area (Å²) in [6.45, 7) is 7.32. The number of amides is 1. The zero-order chi connectivity index (χ0) is 16.9. The van der Waals surface area contributed by atoms with Gasteiger partial charge in [0, 0.05) is 11.6 Å². The molecule has 1 aliphatic carbocycles. The zero-order valence-corrected chi connectivity index (χ0v) is 15.4. The largest absolute Gasteiger partial charge is 0.327 e. The van der Waals surface area contributed by atoms with Crippen LogP contribution in [0, 0.1) is 11.8 Å². The van der Waals surface area contributed by atoms with Gasteiger partial charge in [-0.1, -0.05) is 44.9 Å². The zero-order valence-electron chi connectivity index (χ0n) is 15.4. The lowest BCUT2D eigenvalue weighted by Crippen LogP contribution is -3.15. The van der Waals surface area contributed by atoms with E-state index in [0.29, 0.717) is 6.54 Å². The van der Waals surface area contributed by atoms with E-state index in [2.05, 4.69) is 37.4 Å². The third kappa shape index (κ3) is 4.00. The fourth-order valence-corrected chi connectivity index (χ4v) is 4.77. The van der Waals surface area contributed by atoms with Crippen LogP contribution in [0.25, 0.3) is 0 Å². The van der Waals surface area contributed by atoms with Gasteiger partial charge in [-0.25, -0.2) is 0 Å². The Balaban J connectivity index is 1.60. The molecule has 1 unspecified atom stereocenters. The van der Waals surface area contributed by atoms with E-state index in [-0.39, 0.29) is 5.91 Å². The van der Waals surface area contributed by atoms with E-state index in [1.165, 1.54) is 61.2 Å². The van der Waals surface area contributed by atoms with Crippen LogP contribution in [0.3, 0.4) is 0 Å². The van der Waals surface area contributed by atoms with Crippen LogP contribution < -0.4 is 10.2 Å². The second-order valence-electron chi connectivity index (χ2n) is 7.68. The van der Waals surface area contributed by atoms with Gasteiger partial charge in [0.1, 0.15) is 0 Å². The minimum atomic E-state index is 0.190. The molecule has 3 nitrogen and oxygen atoms in total. The van der Waals surface area contributed by atoms with Crippen molar-refractivity contribution in [3.8, 4) is 0 Å². The molecule has 3 heteroatoms. The van der Waals surface area contributed by atoms with Crippen LogP contribution in [0.1, 0.15) is 57.1 Å². The molecule has 2 N–H and O–H groups in total. The number of anilines is 1. The molecule has 1 heterocycles. The number of benzene rings is 1. The predicted molar refractivity (Wildman–Crippen MR) is 99.5 cm³/mol. The number of carbonyl (C=O) groups is 1. The van der Waals surface area contributed by atoms with Crippen LogP contribution in [0.15, 0.2) is 18.2 Å². The summed E-state index contributed by atoms with van der Waals surface area (Å²) in [5.74, 6) is 2.00. The van der Waals surface area contributed by atoms with Gasteiger partial charge in [-0.2, -0.15) is 0 Å². The minimum Gasteiger partial charge on any atom is -0.327 e. The summed E-state index contributed by atoms with van der Waals surface area (Å²) in [4.78, 5) is 14.1. The first-order valence-electron chi connectivity index (χ1n) is 9.95. The van der Waals surface area contributed by atoms with Crippen LogP contribution in [-0.2, 0) is 17.6 Å². The molecule has 2 fully saturated rings. The van der Waals surface area contributed by atoms with Crippen molar-refractivity contribution in [1.82, 2.24) is 0 Å². The molecule has 0 radical (unpaired) electrons. The maximum atomic E-state index is 12.6. The van der Waals surface area contributed by atoms with Crippen molar-refractivity contribution >= 4 is 11.6 Å². The third-order valence-electron chi connectivity index (χ3n) is 6.16. The Bertz CT molecular complexity index is 547. The summed E-state index contributed by atoms with van der Waals surface area (Å²) in [5, 5.41) is 3.24. The smallest absolute Gasteiger partial charge is 0.279 e. The summed E-state index contributed by atoms with van der Waals surface area (Å²) in [6.07, 6.45) is 8.86. The molecule has 2 aliphatic rings. The molecule has 3 atom stereocenters. The summed E-state index contributed by atoms with van der Waals surface area (Å²) in [6, 6.07) is 6.37. The molecule has 0 aromatic heterocycles. The topological polar surface area (TPSA) is 33.5 Å². The van der Waals surface area contributed by atoms with Crippen molar-refractivity contribution in [2.45, 2.75) is 58.8 Å². The molecule has 3 rings (SSSR count). The molecule has 1 saturated heterocycles. The van der Waals surface area contributed by atoms with Crippen molar-refractivity contribution in [2.75, 3.05) is 25.0 Å². The highest BCUT2D eigenvalue weighted by Gasteiger charge is 2.34. The Kier molecular flexibility index (Phi) is 5.94. The normalized spacial score (nSPS) is 26.7. The summed E-state index contributed by atoms with van der Waals surface area (Å²) < 4.78 is 0. The number of para-hydroxylation sites is 1. The monoisotopic (exact) mass is 329 g/mol. The van der Waals surface area contributed by atoms with Gasteiger partial charge in [-0.05, 0) is 49.1 Å². The Morgan fingerprint density at radius 1 is 1.08 bits per heavy atom. The predicted octanol–water partition coefficient (Wildman–Crippen LogP) is 2.84. The van der Waals surface area contributed by atoms with Gasteiger partial charge >= 0.3 is 0 Å². The first kappa shape index (κ1) is 17.5. The van der Waals surface area contributed by atoms with E-state index in [4.69, 9.17) is 0 Å². The molecule has 0 spiro atoms. The number of carbonyl (C=O) groups excluding carboxylic acids is 1. The number of fused-ring (bicyclic) bond motifs is 1. The summed E-state index contributed by atoms with van der Waals surface area (Å²) in [5.41, 5.74) is 3.58. The number of hydrogen-bond acceptors (Lipinski definition) is 1. The van der Waals surface area contributed by atoms with Gasteiger partial charge in [0.15, 0.2) is 6.54 Å². The Morgan fingerprint density at radius 3 is 2.42 bits per heavy atom. The van der Waals surface area contributed by atoms with Gasteiger partial charge in [0.05, 0.1) is 13.1 Å². The molecule has 24 heavy (non-hydrogen) atoms. The van der Waals surface area contributed by atoms with Crippen LogP contribution in [0.2, 0.25) is 0 Å². The van der Waals surface area contributed by atoms with Crippen molar-refractivity contribution < 1.29 is 9.69 Å². The van der Waals surface area contributed by atoms with Gasteiger partial charge in [0.25, 0.3) is 5.91 Å². The highest BCUT2D eigenvalue weighted by Crippen LogP contribution is 2.32.